The standard InChI is InChI=1S/C21H27N3O3S2/c1-2-22-20-23-18(14-28-20)21(17-6-4-3-5-7-17)9-11-24(12-10-21)19(25)16-8-13-29(26,27)15-16/h3-7,14,16H,2,8-13,15H2,1H3,(H,22,23). The largest absolute Gasteiger partial charge is 0.362 e. The number of hydrogen-bond donors (Lipinski definition) is 1. The zero-order chi connectivity index (χ0) is 20.5. The van der Waals surface area contributed by atoms with Gasteiger partial charge >= 0.3 is 0 Å². The van der Waals surface area contributed by atoms with Crippen LogP contribution in [0.25, 0.3) is 0 Å². The molecule has 2 saturated heterocycles. The molecule has 3 heterocycles. The monoisotopic (exact) mass is 433 g/mol. The van der Waals surface area contributed by atoms with Gasteiger partial charge in [0.05, 0.1) is 23.1 Å². The summed E-state index contributed by atoms with van der Waals surface area (Å²) in [5, 5.41) is 6.35. The molecule has 2 aromatic rings. The van der Waals surface area contributed by atoms with E-state index in [4.69, 9.17) is 4.98 Å². The first-order valence-corrected chi connectivity index (χ1v) is 12.9. The lowest BCUT2D eigenvalue weighted by Gasteiger charge is -2.42. The third-order valence-electron chi connectivity index (χ3n) is 6.16. The summed E-state index contributed by atoms with van der Waals surface area (Å²) in [5.41, 5.74) is 2.06. The maximum atomic E-state index is 12.9. The SMILES string of the molecule is CCNc1nc(C2(c3ccccc3)CCN(C(=O)C3CCS(=O)(=O)C3)CC2)cs1. The van der Waals surface area contributed by atoms with Crippen molar-refractivity contribution in [1.82, 2.24) is 9.88 Å². The number of amides is 1. The fourth-order valence-electron chi connectivity index (χ4n) is 4.53. The molecule has 2 aliphatic rings. The van der Waals surface area contributed by atoms with Crippen LogP contribution in [0.15, 0.2) is 35.7 Å². The van der Waals surface area contributed by atoms with Gasteiger partial charge in [0.1, 0.15) is 0 Å². The molecule has 1 amide bonds. The number of carbonyl (C=O) groups excluding carboxylic acids is 1. The summed E-state index contributed by atoms with van der Waals surface area (Å²) in [5.74, 6) is -0.232. The van der Waals surface area contributed by atoms with E-state index >= 15 is 0 Å². The predicted octanol–water partition coefficient (Wildman–Crippen LogP) is 2.92. The molecule has 1 N–H and O–H groups in total. The zero-order valence-corrected chi connectivity index (χ0v) is 18.3. The number of anilines is 1. The summed E-state index contributed by atoms with van der Waals surface area (Å²) in [6.45, 7) is 4.13. The number of sulfone groups is 1. The molecule has 2 aliphatic heterocycles. The lowest BCUT2D eigenvalue weighted by molar-refractivity contribution is -0.136. The van der Waals surface area contributed by atoms with Crippen LogP contribution >= 0.6 is 11.3 Å². The van der Waals surface area contributed by atoms with Gasteiger partial charge in [-0.25, -0.2) is 13.4 Å². The Labute approximate surface area is 176 Å². The van der Waals surface area contributed by atoms with Crippen LogP contribution in [0.1, 0.15) is 37.4 Å². The van der Waals surface area contributed by atoms with Crippen molar-refractivity contribution < 1.29 is 13.2 Å². The van der Waals surface area contributed by atoms with Gasteiger partial charge in [0, 0.05) is 30.4 Å². The van der Waals surface area contributed by atoms with E-state index in [1.807, 2.05) is 11.0 Å². The van der Waals surface area contributed by atoms with E-state index in [9.17, 15) is 13.2 Å². The molecule has 0 aliphatic carbocycles. The summed E-state index contributed by atoms with van der Waals surface area (Å²) in [4.78, 5) is 19.6. The first-order chi connectivity index (χ1) is 13.9. The highest BCUT2D eigenvalue weighted by molar-refractivity contribution is 7.91. The van der Waals surface area contributed by atoms with Crippen molar-refractivity contribution in [3.63, 3.8) is 0 Å². The van der Waals surface area contributed by atoms with Crippen LogP contribution < -0.4 is 5.32 Å². The Morgan fingerprint density at radius 2 is 2.00 bits per heavy atom. The number of likely N-dealkylation sites (tertiary alicyclic amines) is 1. The lowest BCUT2D eigenvalue weighted by atomic mass is 9.70. The van der Waals surface area contributed by atoms with E-state index in [0.717, 1.165) is 30.2 Å². The number of piperidine rings is 1. The Balaban J connectivity index is 1.56. The molecule has 1 atom stereocenters. The van der Waals surface area contributed by atoms with Gasteiger partial charge in [0.15, 0.2) is 15.0 Å². The van der Waals surface area contributed by atoms with Crippen LogP contribution in [0.4, 0.5) is 5.13 Å². The molecule has 6 nitrogen and oxygen atoms in total. The number of nitrogens with zero attached hydrogens (tertiary/aromatic N) is 2. The van der Waals surface area contributed by atoms with Crippen LogP contribution in [-0.2, 0) is 20.0 Å². The van der Waals surface area contributed by atoms with Crippen LogP contribution in [-0.4, -0.2) is 55.3 Å². The number of hydrogen-bond acceptors (Lipinski definition) is 6. The average Bonchev–Trinajstić information content (AvgIpc) is 3.35. The molecule has 29 heavy (non-hydrogen) atoms. The zero-order valence-electron chi connectivity index (χ0n) is 16.6. The van der Waals surface area contributed by atoms with E-state index in [-0.39, 0.29) is 28.7 Å². The molecule has 1 aromatic carbocycles. The Morgan fingerprint density at radius 3 is 2.62 bits per heavy atom. The molecular weight excluding hydrogens is 406 g/mol. The minimum absolute atomic E-state index is 0.000599. The van der Waals surface area contributed by atoms with Gasteiger partial charge in [-0.15, -0.1) is 11.3 Å². The third kappa shape index (κ3) is 4.05. The summed E-state index contributed by atoms with van der Waals surface area (Å²) >= 11 is 1.62. The summed E-state index contributed by atoms with van der Waals surface area (Å²) < 4.78 is 23.5. The van der Waals surface area contributed by atoms with Crippen LogP contribution in [0.5, 0.6) is 0 Å². The van der Waals surface area contributed by atoms with E-state index in [1.165, 1.54) is 5.56 Å². The highest BCUT2D eigenvalue weighted by Crippen LogP contribution is 2.43. The Kier molecular flexibility index (Phi) is 5.66. The van der Waals surface area contributed by atoms with Crippen molar-refractivity contribution >= 4 is 32.2 Å². The number of thiazole rings is 1. The minimum Gasteiger partial charge on any atom is -0.362 e. The minimum atomic E-state index is -3.05. The van der Waals surface area contributed by atoms with Crippen LogP contribution in [0.2, 0.25) is 0 Å². The van der Waals surface area contributed by atoms with Crippen molar-refractivity contribution in [3.05, 3.63) is 47.0 Å². The smallest absolute Gasteiger partial charge is 0.226 e. The molecule has 156 valence electrons. The van der Waals surface area contributed by atoms with Gasteiger partial charge in [-0.2, -0.15) is 0 Å². The summed E-state index contributed by atoms with van der Waals surface area (Å²) in [6, 6.07) is 10.4. The van der Waals surface area contributed by atoms with Gasteiger partial charge in [-0.3, -0.25) is 4.79 Å². The van der Waals surface area contributed by atoms with Crippen molar-refractivity contribution in [3.8, 4) is 0 Å². The van der Waals surface area contributed by atoms with E-state index in [1.54, 1.807) is 11.3 Å². The average molecular weight is 434 g/mol. The number of carbonyl (C=O) groups is 1. The van der Waals surface area contributed by atoms with Crippen molar-refractivity contribution in [2.75, 3.05) is 36.5 Å². The number of nitrogens with one attached hydrogen (secondary N) is 1. The molecule has 4 rings (SSSR count). The molecule has 0 saturated carbocycles. The van der Waals surface area contributed by atoms with E-state index in [2.05, 4.69) is 41.9 Å². The molecule has 0 radical (unpaired) electrons. The maximum Gasteiger partial charge on any atom is 0.226 e. The second-order valence-corrected chi connectivity index (χ2v) is 11.0. The van der Waals surface area contributed by atoms with Crippen LogP contribution in [0, 0.1) is 5.92 Å². The second kappa shape index (κ2) is 8.07. The highest BCUT2D eigenvalue weighted by Gasteiger charge is 2.43. The van der Waals surface area contributed by atoms with Gasteiger partial charge in [0.2, 0.25) is 5.91 Å². The number of aromatic nitrogens is 1. The molecule has 1 aromatic heterocycles. The molecule has 2 fully saturated rings. The van der Waals surface area contributed by atoms with E-state index in [0.29, 0.717) is 19.5 Å². The third-order valence-corrected chi connectivity index (χ3v) is 8.73. The first-order valence-electron chi connectivity index (χ1n) is 10.2. The fourth-order valence-corrected chi connectivity index (χ4v) is 7.15. The van der Waals surface area contributed by atoms with Gasteiger partial charge in [-0.05, 0) is 31.7 Å². The second-order valence-electron chi connectivity index (χ2n) is 7.94. The highest BCUT2D eigenvalue weighted by atomic mass is 32.2. The van der Waals surface area contributed by atoms with Crippen molar-refractivity contribution in [2.45, 2.75) is 31.6 Å². The van der Waals surface area contributed by atoms with Gasteiger partial charge in [0.25, 0.3) is 0 Å². The van der Waals surface area contributed by atoms with Crippen molar-refractivity contribution in [2.24, 2.45) is 5.92 Å². The molecule has 0 spiro atoms. The Bertz CT molecular complexity index is 964. The van der Waals surface area contributed by atoms with Crippen molar-refractivity contribution in [1.29, 1.82) is 0 Å². The predicted molar refractivity (Wildman–Crippen MR) is 116 cm³/mol. The van der Waals surface area contributed by atoms with E-state index < -0.39 is 9.84 Å². The lowest BCUT2D eigenvalue weighted by Crippen LogP contribution is -2.47. The molecule has 8 heteroatoms. The van der Waals surface area contributed by atoms with Gasteiger partial charge in [-0.1, -0.05) is 30.3 Å². The van der Waals surface area contributed by atoms with Gasteiger partial charge < -0.3 is 10.2 Å². The Morgan fingerprint density at radius 1 is 1.28 bits per heavy atom. The number of rotatable bonds is 5. The molecular formula is C21H27N3O3S2. The summed E-state index contributed by atoms with van der Waals surface area (Å²) in [7, 11) is -3.05. The first kappa shape index (κ1) is 20.3. The number of benzene rings is 1. The topological polar surface area (TPSA) is 79.4 Å². The Hall–Kier alpha value is -1.93. The molecule has 0 bridgehead atoms. The fraction of sp³-hybridized carbons (Fsp3) is 0.524. The summed E-state index contributed by atoms with van der Waals surface area (Å²) in [6.07, 6.45) is 2.04. The van der Waals surface area contributed by atoms with Crippen LogP contribution in [0.3, 0.4) is 0 Å². The maximum absolute atomic E-state index is 12.9. The molecule has 1 unspecified atom stereocenters. The quantitative estimate of drug-likeness (QED) is 0.784. The normalized spacial score (nSPS) is 23.1.